The predicted octanol–water partition coefficient (Wildman–Crippen LogP) is 5.91. The number of nitrogens with zero attached hydrogens (tertiary/aromatic N) is 3. The molecule has 250 valence electrons. The molecule has 3 aromatic carbocycles. The van der Waals surface area contributed by atoms with E-state index in [1.165, 1.54) is 50.6 Å². The van der Waals surface area contributed by atoms with Gasteiger partial charge in [-0.2, -0.15) is 13.9 Å². The van der Waals surface area contributed by atoms with Crippen molar-refractivity contribution in [2.75, 3.05) is 13.3 Å². The molecule has 0 aliphatic carbocycles. The van der Waals surface area contributed by atoms with Crippen molar-refractivity contribution in [2.24, 2.45) is 7.05 Å². The number of aromatic nitrogens is 3. The van der Waals surface area contributed by atoms with Crippen LogP contribution >= 0.6 is 0 Å². The minimum Gasteiger partial charge on any atom is -0.440 e. The number of hydrogen-bond donors (Lipinski definition) is 2. The number of likely N-dealkylation sites (N-methyl/N-ethyl adjacent to an activating group) is 1. The van der Waals surface area contributed by atoms with Gasteiger partial charge in [0.2, 0.25) is 0 Å². The summed E-state index contributed by atoms with van der Waals surface area (Å²) in [4.78, 5) is 16.6. The Morgan fingerprint density at radius 2 is 1.73 bits per heavy atom. The largest absolute Gasteiger partial charge is 0.586 e. The van der Waals surface area contributed by atoms with Crippen LogP contribution in [0.2, 0.25) is 0 Å². The van der Waals surface area contributed by atoms with Gasteiger partial charge in [0.25, 0.3) is 5.91 Å². The first kappa shape index (κ1) is 32.8. The topological polar surface area (TPSA) is 129 Å². The molecule has 2 aromatic heterocycles. The van der Waals surface area contributed by atoms with Gasteiger partial charge in [-0.15, -0.1) is 8.78 Å². The molecular formula is C32H25F5N4O6S. The number of carbonyl (C=O) groups excluding carboxylic acids is 1. The van der Waals surface area contributed by atoms with Gasteiger partial charge < -0.3 is 24.3 Å². The number of benzene rings is 3. The van der Waals surface area contributed by atoms with Gasteiger partial charge in [0.1, 0.15) is 17.2 Å². The molecule has 0 saturated heterocycles. The van der Waals surface area contributed by atoms with Crippen LogP contribution < -0.4 is 14.8 Å². The van der Waals surface area contributed by atoms with Gasteiger partial charge in [0, 0.05) is 54.4 Å². The molecule has 1 aliphatic heterocycles. The summed E-state index contributed by atoms with van der Waals surface area (Å²) in [7, 11) is 0.793. The Morgan fingerprint density at radius 1 is 1.02 bits per heavy atom. The number of oxazole rings is 1. The van der Waals surface area contributed by atoms with Crippen molar-refractivity contribution in [1.29, 1.82) is 0 Å². The highest BCUT2D eigenvalue weighted by atomic mass is 32.2. The predicted molar refractivity (Wildman–Crippen MR) is 162 cm³/mol. The zero-order chi connectivity index (χ0) is 34.7. The van der Waals surface area contributed by atoms with Crippen molar-refractivity contribution in [1.82, 2.24) is 20.1 Å². The van der Waals surface area contributed by atoms with Crippen LogP contribution in [0.5, 0.6) is 11.5 Å². The van der Waals surface area contributed by atoms with Gasteiger partial charge in [0.05, 0.1) is 23.1 Å². The highest BCUT2D eigenvalue weighted by Gasteiger charge is 2.44. The Bertz CT molecular complexity index is 2130. The maximum atomic E-state index is 15.1. The van der Waals surface area contributed by atoms with Crippen molar-refractivity contribution >= 4 is 16.7 Å². The maximum absolute atomic E-state index is 15.1. The van der Waals surface area contributed by atoms with Crippen LogP contribution in [0.3, 0.4) is 0 Å². The zero-order valence-corrected chi connectivity index (χ0v) is 26.3. The summed E-state index contributed by atoms with van der Waals surface area (Å²) in [5, 5.41) is 15.5. The Labute approximate surface area is 271 Å². The lowest BCUT2D eigenvalue weighted by Gasteiger charge is -2.14. The van der Waals surface area contributed by atoms with E-state index < -0.39 is 47.0 Å². The fourth-order valence-corrected chi connectivity index (χ4v) is 6.17. The van der Waals surface area contributed by atoms with E-state index in [4.69, 9.17) is 4.42 Å². The highest BCUT2D eigenvalue weighted by Crippen LogP contribution is 2.46. The second-order valence-electron chi connectivity index (χ2n) is 10.7. The van der Waals surface area contributed by atoms with E-state index in [1.54, 1.807) is 12.1 Å². The summed E-state index contributed by atoms with van der Waals surface area (Å²) in [6.45, 7) is 0.855. The number of amides is 1. The molecule has 3 heterocycles. The minimum absolute atomic E-state index is 0.0703. The lowest BCUT2D eigenvalue weighted by molar-refractivity contribution is -0.286. The molecule has 1 aliphatic rings. The molecule has 0 saturated carbocycles. The molecule has 1 unspecified atom stereocenters. The van der Waals surface area contributed by atoms with E-state index in [0.717, 1.165) is 23.9 Å². The Kier molecular flexibility index (Phi) is 8.11. The number of halogens is 5. The van der Waals surface area contributed by atoms with E-state index in [2.05, 4.69) is 19.6 Å². The van der Waals surface area contributed by atoms with Gasteiger partial charge in [-0.05, 0) is 53.6 Å². The summed E-state index contributed by atoms with van der Waals surface area (Å²) in [6.07, 6.45) is -2.54. The van der Waals surface area contributed by atoms with Crippen molar-refractivity contribution in [3.8, 4) is 56.5 Å². The van der Waals surface area contributed by atoms with Crippen molar-refractivity contribution in [3.63, 3.8) is 0 Å². The number of aliphatic hydroxyl groups is 1. The molecular weight excluding hydrogens is 663 g/mol. The first-order valence-corrected chi connectivity index (χ1v) is 15.6. The van der Waals surface area contributed by atoms with E-state index in [0.29, 0.717) is 5.56 Å². The zero-order valence-electron chi connectivity index (χ0n) is 25.5. The van der Waals surface area contributed by atoms with Crippen molar-refractivity contribution in [3.05, 3.63) is 77.6 Å². The van der Waals surface area contributed by atoms with E-state index >= 15 is 4.39 Å². The van der Waals surface area contributed by atoms with Crippen LogP contribution in [0.4, 0.5) is 22.0 Å². The number of hydrogen-bond acceptors (Lipinski definition) is 8. The molecule has 2 N–H and O–H groups in total. The van der Waals surface area contributed by atoms with Gasteiger partial charge in [0.15, 0.2) is 23.1 Å². The van der Waals surface area contributed by atoms with Crippen molar-refractivity contribution < 1.29 is 50.0 Å². The Hall–Kier alpha value is -5.09. The number of alkyl halides is 4. The third-order valence-electron chi connectivity index (χ3n) is 7.62. The van der Waals surface area contributed by atoms with Crippen LogP contribution in [-0.2, 0) is 35.2 Å². The third kappa shape index (κ3) is 5.70. The smallest absolute Gasteiger partial charge is 0.440 e. The van der Waals surface area contributed by atoms with Gasteiger partial charge >= 0.3 is 12.2 Å². The maximum Gasteiger partial charge on any atom is 0.586 e. The summed E-state index contributed by atoms with van der Waals surface area (Å²) < 4.78 is 101. The molecule has 48 heavy (non-hydrogen) atoms. The third-order valence-corrected chi connectivity index (χ3v) is 8.60. The summed E-state index contributed by atoms with van der Waals surface area (Å²) >= 11 is 0. The standard InChI is InChI=1S/C32H25F5N4O6S/c1-15-39-28(29(45-15)17-6-8-24-25(11-17)47-32(36,37)46-24)20-9-16(18-10-22(33)21(14-42)26(12-18)48(4)44)5-7-19(20)23-13-27(40-41(23)3)31(34,35)30(43)38-2/h5-13,42H,14H2,1-4H3,(H,38,43). The van der Waals surface area contributed by atoms with Crippen LogP contribution in [0.25, 0.3) is 45.0 Å². The molecule has 6 rings (SSSR count). The van der Waals surface area contributed by atoms with Crippen molar-refractivity contribution in [2.45, 2.75) is 30.6 Å². The van der Waals surface area contributed by atoms with Crippen LogP contribution in [0, 0.1) is 12.7 Å². The normalized spacial score (nSPS) is 14.3. The average Bonchev–Trinajstić information content (AvgIpc) is 3.72. The lowest BCUT2D eigenvalue weighted by atomic mass is 9.93. The van der Waals surface area contributed by atoms with Crippen LogP contribution in [-0.4, -0.2) is 49.6 Å². The molecule has 0 spiro atoms. The molecule has 1 atom stereocenters. The van der Waals surface area contributed by atoms with Gasteiger partial charge in [-0.3, -0.25) is 13.7 Å². The monoisotopic (exact) mass is 688 g/mol. The summed E-state index contributed by atoms with van der Waals surface area (Å²) in [5.41, 5.74) is 0.739. The molecule has 5 aromatic rings. The first-order valence-electron chi connectivity index (χ1n) is 14.1. The highest BCUT2D eigenvalue weighted by molar-refractivity contribution is 7.84. The van der Waals surface area contributed by atoms with Gasteiger partial charge in [-0.25, -0.2) is 9.37 Å². The fourth-order valence-electron chi connectivity index (χ4n) is 5.37. The van der Waals surface area contributed by atoms with E-state index in [-0.39, 0.29) is 67.3 Å². The molecule has 10 nitrogen and oxygen atoms in total. The Balaban J connectivity index is 1.59. The van der Waals surface area contributed by atoms with Crippen LogP contribution in [0.15, 0.2) is 63.9 Å². The number of fused-ring (bicyclic) bond motifs is 1. The second-order valence-corrected chi connectivity index (χ2v) is 12.1. The quantitative estimate of drug-likeness (QED) is 0.193. The lowest BCUT2D eigenvalue weighted by Crippen LogP contribution is -2.36. The molecule has 1 amide bonds. The van der Waals surface area contributed by atoms with E-state index in [1.807, 2.05) is 5.32 Å². The van der Waals surface area contributed by atoms with Crippen LogP contribution in [0.1, 0.15) is 17.1 Å². The number of ether oxygens (including phenoxy) is 2. The number of carbonyl (C=O) groups is 1. The first-order chi connectivity index (χ1) is 22.6. The number of rotatable bonds is 8. The molecule has 0 radical (unpaired) electrons. The van der Waals surface area contributed by atoms with E-state index in [9.17, 15) is 31.7 Å². The second kappa shape index (κ2) is 11.9. The molecule has 16 heteroatoms. The fraction of sp³-hybridized carbons (Fsp3) is 0.219. The molecule has 0 bridgehead atoms. The number of nitrogens with one attached hydrogen (secondary N) is 1. The average molecular weight is 689 g/mol. The minimum atomic E-state index is -3.98. The summed E-state index contributed by atoms with van der Waals surface area (Å²) in [6, 6.07) is 12.3. The Morgan fingerprint density at radius 3 is 2.42 bits per heavy atom. The van der Waals surface area contributed by atoms with Gasteiger partial charge in [-0.1, -0.05) is 12.1 Å². The number of aryl methyl sites for hydroxylation is 2. The summed E-state index contributed by atoms with van der Waals surface area (Å²) in [5.74, 6) is -6.58. The number of aliphatic hydroxyl groups excluding tert-OH is 1. The SMILES string of the molecule is CNC(=O)C(F)(F)c1cc(-c2ccc(-c3cc(F)c(CO)c(S(C)=O)c3)cc2-c2nc(C)oc2-c2ccc3c(c2)OC(F)(F)O3)n(C)n1. The molecule has 0 fully saturated rings.